The van der Waals surface area contributed by atoms with Crippen LogP contribution in [-0.4, -0.2) is 15.0 Å². The SMILES string of the molecule is c1ccc(-c2nc(-c3ccccc3)nc(-c3cc(-c4cccc5c4oc4ccccc45)cc(-c4cccc5c4sc4ccccc45)c3)n2)cc1. The van der Waals surface area contributed by atoms with Gasteiger partial charge in [-0.3, -0.25) is 0 Å². The molecule has 0 N–H and O–H groups in total. The van der Waals surface area contributed by atoms with E-state index in [1.807, 2.05) is 84.1 Å². The van der Waals surface area contributed by atoms with E-state index in [2.05, 4.69) is 91.0 Å². The fourth-order valence-electron chi connectivity index (χ4n) is 6.95. The summed E-state index contributed by atoms with van der Waals surface area (Å²) in [6.07, 6.45) is 0. The fraction of sp³-hybridized carbons (Fsp3) is 0. The zero-order valence-corrected chi connectivity index (χ0v) is 27.6. The number of hydrogen-bond acceptors (Lipinski definition) is 5. The number of thiophene rings is 1. The van der Waals surface area contributed by atoms with Gasteiger partial charge in [0.05, 0.1) is 0 Å². The molecule has 0 spiro atoms. The largest absolute Gasteiger partial charge is 0.455 e. The lowest BCUT2D eigenvalue weighted by atomic mass is 9.94. The van der Waals surface area contributed by atoms with Gasteiger partial charge in [-0.2, -0.15) is 0 Å². The van der Waals surface area contributed by atoms with E-state index < -0.39 is 0 Å². The second kappa shape index (κ2) is 11.6. The molecule has 10 rings (SSSR count). The average molecular weight is 658 g/mol. The average Bonchev–Trinajstić information content (AvgIpc) is 3.77. The smallest absolute Gasteiger partial charge is 0.164 e. The molecule has 7 aromatic carbocycles. The summed E-state index contributed by atoms with van der Waals surface area (Å²) in [5, 5.41) is 4.73. The molecule has 3 aromatic heterocycles. The Morgan fingerprint density at radius 2 is 0.900 bits per heavy atom. The molecule has 4 nitrogen and oxygen atoms in total. The molecular formula is C45H27N3OS. The third-order valence-electron chi connectivity index (χ3n) is 9.32. The van der Waals surface area contributed by atoms with Crippen LogP contribution in [0.4, 0.5) is 0 Å². The summed E-state index contributed by atoms with van der Waals surface area (Å²) in [7, 11) is 0. The third kappa shape index (κ3) is 4.79. The van der Waals surface area contributed by atoms with Gasteiger partial charge in [0.1, 0.15) is 11.2 Å². The van der Waals surface area contributed by atoms with Crippen molar-refractivity contribution in [2.24, 2.45) is 0 Å². The molecule has 5 heteroatoms. The predicted octanol–water partition coefficient (Wildman–Crippen LogP) is 12.5. The molecule has 50 heavy (non-hydrogen) atoms. The molecule has 10 aromatic rings. The molecule has 0 aliphatic heterocycles. The lowest BCUT2D eigenvalue weighted by Gasteiger charge is -2.13. The van der Waals surface area contributed by atoms with Crippen molar-refractivity contribution in [3.05, 3.63) is 164 Å². The Kier molecular flexibility index (Phi) is 6.64. The zero-order valence-electron chi connectivity index (χ0n) is 26.7. The highest BCUT2D eigenvalue weighted by molar-refractivity contribution is 7.26. The minimum atomic E-state index is 0.612. The van der Waals surface area contributed by atoms with Crippen LogP contribution in [-0.2, 0) is 0 Å². The maximum absolute atomic E-state index is 6.55. The first kappa shape index (κ1) is 28.6. The maximum atomic E-state index is 6.55. The van der Waals surface area contributed by atoms with Gasteiger partial charge < -0.3 is 4.42 Å². The number of benzene rings is 7. The first-order valence-electron chi connectivity index (χ1n) is 16.6. The van der Waals surface area contributed by atoms with Crippen LogP contribution in [0.1, 0.15) is 0 Å². The van der Waals surface area contributed by atoms with Crippen LogP contribution in [0.2, 0.25) is 0 Å². The van der Waals surface area contributed by atoms with Crippen molar-refractivity contribution >= 4 is 53.4 Å². The van der Waals surface area contributed by atoms with Crippen molar-refractivity contribution < 1.29 is 4.42 Å². The van der Waals surface area contributed by atoms with Gasteiger partial charge in [-0.1, -0.05) is 133 Å². The molecule has 0 unspecified atom stereocenters. The number of aromatic nitrogens is 3. The summed E-state index contributed by atoms with van der Waals surface area (Å²) < 4.78 is 9.08. The molecule has 0 aliphatic carbocycles. The molecule has 3 heterocycles. The van der Waals surface area contributed by atoms with E-state index in [4.69, 9.17) is 19.4 Å². The van der Waals surface area contributed by atoms with Crippen LogP contribution in [0.25, 0.3) is 98.5 Å². The Morgan fingerprint density at radius 3 is 1.62 bits per heavy atom. The fourth-order valence-corrected chi connectivity index (χ4v) is 8.19. The Hall–Kier alpha value is -6.43. The quantitative estimate of drug-likeness (QED) is 0.185. The number of rotatable bonds is 5. The van der Waals surface area contributed by atoms with Gasteiger partial charge in [0, 0.05) is 53.2 Å². The second-order valence-corrected chi connectivity index (χ2v) is 13.5. The minimum absolute atomic E-state index is 0.612. The van der Waals surface area contributed by atoms with Gasteiger partial charge in [-0.15, -0.1) is 11.3 Å². The highest BCUT2D eigenvalue weighted by Crippen LogP contribution is 2.43. The lowest BCUT2D eigenvalue weighted by molar-refractivity contribution is 0.670. The second-order valence-electron chi connectivity index (χ2n) is 12.4. The van der Waals surface area contributed by atoms with Gasteiger partial charge in [-0.25, -0.2) is 15.0 Å². The first-order chi connectivity index (χ1) is 24.8. The standard InChI is InChI=1S/C45H27N3OS/c1-3-13-28(14-4-1)43-46-44(29-15-5-2-6-16-29)48-45(47-43)32-26-30(33-19-11-21-37-35-17-7-9-23-39(35)49-41(33)37)25-31(27-32)34-20-12-22-38-36-18-8-10-24-40(36)50-42(34)38/h1-27H. The Balaban J connectivity index is 1.26. The van der Waals surface area contributed by atoms with Crippen molar-refractivity contribution in [1.82, 2.24) is 15.0 Å². The normalized spacial score (nSPS) is 11.6. The highest BCUT2D eigenvalue weighted by Gasteiger charge is 2.19. The van der Waals surface area contributed by atoms with E-state index in [9.17, 15) is 0 Å². The summed E-state index contributed by atoms with van der Waals surface area (Å²) in [5.74, 6) is 1.88. The Morgan fingerprint density at radius 1 is 0.380 bits per heavy atom. The molecule has 234 valence electrons. The van der Waals surface area contributed by atoms with Gasteiger partial charge in [0.2, 0.25) is 0 Å². The summed E-state index contributed by atoms with van der Waals surface area (Å²) >= 11 is 1.83. The lowest BCUT2D eigenvalue weighted by Crippen LogP contribution is -2.00. The summed E-state index contributed by atoms with van der Waals surface area (Å²) in [6.45, 7) is 0. The third-order valence-corrected chi connectivity index (χ3v) is 10.5. The highest BCUT2D eigenvalue weighted by atomic mass is 32.1. The molecule has 0 radical (unpaired) electrons. The van der Waals surface area contributed by atoms with Gasteiger partial charge in [0.25, 0.3) is 0 Å². The summed E-state index contributed by atoms with van der Waals surface area (Å²) in [6, 6.07) is 56.8. The van der Waals surface area contributed by atoms with E-state index >= 15 is 0 Å². The van der Waals surface area contributed by atoms with E-state index in [0.29, 0.717) is 17.5 Å². The molecular weight excluding hydrogens is 631 g/mol. The van der Waals surface area contributed by atoms with Crippen LogP contribution in [0.15, 0.2) is 168 Å². The molecule has 0 fully saturated rings. The molecule has 0 amide bonds. The number of nitrogens with zero attached hydrogens (tertiary/aromatic N) is 3. The van der Waals surface area contributed by atoms with Gasteiger partial charge >= 0.3 is 0 Å². The molecule has 0 aliphatic rings. The van der Waals surface area contributed by atoms with Crippen LogP contribution in [0.5, 0.6) is 0 Å². The first-order valence-corrected chi connectivity index (χ1v) is 17.4. The Labute approximate surface area is 292 Å². The predicted molar refractivity (Wildman–Crippen MR) is 207 cm³/mol. The van der Waals surface area contributed by atoms with Crippen molar-refractivity contribution in [2.75, 3.05) is 0 Å². The number of hydrogen-bond donors (Lipinski definition) is 0. The number of furan rings is 1. The molecule has 0 saturated heterocycles. The molecule has 0 bridgehead atoms. The minimum Gasteiger partial charge on any atom is -0.455 e. The van der Waals surface area contributed by atoms with Crippen LogP contribution >= 0.6 is 11.3 Å². The summed E-state index contributed by atoms with van der Waals surface area (Å²) in [4.78, 5) is 15.2. The van der Waals surface area contributed by atoms with Crippen molar-refractivity contribution in [1.29, 1.82) is 0 Å². The van der Waals surface area contributed by atoms with Crippen LogP contribution in [0, 0.1) is 0 Å². The van der Waals surface area contributed by atoms with E-state index in [1.54, 1.807) is 0 Å². The van der Waals surface area contributed by atoms with E-state index in [0.717, 1.165) is 55.3 Å². The summed E-state index contributed by atoms with van der Waals surface area (Å²) in [5.41, 5.74) is 8.82. The van der Waals surface area contributed by atoms with Gasteiger partial charge in [-0.05, 0) is 47.0 Å². The van der Waals surface area contributed by atoms with E-state index in [1.165, 1.54) is 25.7 Å². The maximum Gasteiger partial charge on any atom is 0.164 e. The van der Waals surface area contributed by atoms with Crippen LogP contribution in [0.3, 0.4) is 0 Å². The number of fused-ring (bicyclic) bond motifs is 6. The Bertz CT molecular complexity index is 2680. The van der Waals surface area contributed by atoms with Crippen LogP contribution < -0.4 is 0 Å². The van der Waals surface area contributed by atoms with Crippen molar-refractivity contribution in [3.63, 3.8) is 0 Å². The monoisotopic (exact) mass is 657 g/mol. The van der Waals surface area contributed by atoms with E-state index in [-0.39, 0.29) is 0 Å². The van der Waals surface area contributed by atoms with Crippen molar-refractivity contribution in [3.8, 4) is 56.4 Å². The number of para-hydroxylation sites is 2. The molecule has 0 saturated carbocycles. The van der Waals surface area contributed by atoms with Gasteiger partial charge in [0.15, 0.2) is 17.5 Å². The zero-order chi connectivity index (χ0) is 33.0. The topological polar surface area (TPSA) is 51.8 Å². The van der Waals surface area contributed by atoms with Crippen molar-refractivity contribution in [2.45, 2.75) is 0 Å². The molecule has 0 atom stereocenters.